The molecule has 1 aromatic heterocycles. The lowest BCUT2D eigenvalue weighted by molar-refractivity contribution is -0.0320. The summed E-state index contributed by atoms with van der Waals surface area (Å²) in [6, 6.07) is 10.1. The van der Waals surface area contributed by atoms with E-state index in [9.17, 15) is 0 Å². The fourth-order valence-corrected chi connectivity index (χ4v) is 2.13. The molecule has 0 saturated carbocycles. The average Bonchev–Trinajstić information content (AvgIpc) is 2.53. The molecule has 21 heavy (non-hydrogen) atoms. The maximum atomic E-state index is 5.94. The summed E-state index contributed by atoms with van der Waals surface area (Å²) in [5, 5.41) is 1.07. The molecule has 4 nitrogen and oxygen atoms in total. The van der Waals surface area contributed by atoms with Crippen molar-refractivity contribution in [3.63, 3.8) is 0 Å². The van der Waals surface area contributed by atoms with Crippen LogP contribution in [0.25, 0.3) is 10.9 Å². The Morgan fingerprint density at radius 3 is 2.71 bits per heavy atom. The highest BCUT2D eigenvalue weighted by Crippen LogP contribution is 2.25. The summed E-state index contributed by atoms with van der Waals surface area (Å²) in [5.41, 5.74) is 2.06. The summed E-state index contributed by atoms with van der Waals surface area (Å²) in [7, 11) is 1.63. The number of rotatable bonds is 9. The molecule has 1 heterocycles. The summed E-state index contributed by atoms with van der Waals surface area (Å²) in [6.45, 7) is 3.85. The quantitative estimate of drug-likeness (QED) is 0.522. The summed E-state index contributed by atoms with van der Waals surface area (Å²) < 4.78 is 16.0. The summed E-state index contributed by atoms with van der Waals surface area (Å²) >= 11 is 0. The van der Waals surface area contributed by atoms with Crippen LogP contribution in [0.1, 0.15) is 25.5 Å². The fraction of sp³-hybridized carbons (Fsp3) is 0.471. The Labute approximate surface area is 126 Å². The van der Waals surface area contributed by atoms with Gasteiger partial charge in [0.25, 0.3) is 0 Å². The van der Waals surface area contributed by atoms with Gasteiger partial charge in [-0.15, -0.1) is 0 Å². The van der Waals surface area contributed by atoms with Crippen molar-refractivity contribution in [2.24, 2.45) is 0 Å². The van der Waals surface area contributed by atoms with Crippen molar-refractivity contribution in [2.45, 2.75) is 26.2 Å². The first kappa shape index (κ1) is 15.7. The van der Waals surface area contributed by atoms with Gasteiger partial charge in [-0.05, 0) is 31.4 Å². The average molecular weight is 289 g/mol. The van der Waals surface area contributed by atoms with Crippen molar-refractivity contribution in [1.82, 2.24) is 4.98 Å². The van der Waals surface area contributed by atoms with Crippen LogP contribution in [0.2, 0.25) is 0 Å². The van der Waals surface area contributed by atoms with E-state index < -0.39 is 0 Å². The molecule has 0 amide bonds. The van der Waals surface area contributed by atoms with Gasteiger partial charge in [0.2, 0.25) is 0 Å². The van der Waals surface area contributed by atoms with Crippen molar-refractivity contribution in [3.8, 4) is 5.75 Å². The van der Waals surface area contributed by atoms with Crippen molar-refractivity contribution in [3.05, 3.63) is 36.0 Å². The molecule has 0 saturated heterocycles. The first-order valence-electron chi connectivity index (χ1n) is 7.43. The first-order chi connectivity index (χ1) is 10.3. The van der Waals surface area contributed by atoms with Gasteiger partial charge in [-0.25, -0.2) is 0 Å². The van der Waals surface area contributed by atoms with Crippen LogP contribution in [-0.2, 0) is 15.9 Å². The Bertz CT molecular complexity index is 557. The number of unbranched alkanes of at least 4 members (excludes halogenated alkanes) is 1. The molecule has 114 valence electrons. The summed E-state index contributed by atoms with van der Waals surface area (Å²) in [6.07, 6.45) is 2.83. The molecule has 2 rings (SSSR count). The van der Waals surface area contributed by atoms with Gasteiger partial charge in [0.15, 0.2) is 0 Å². The Morgan fingerprint density at radius 1 is 1.10 bits per heavy atom. The molecule has 0 atom stereocenters. The highest BCUT2D eigenvalue weighted by atomic mass is 16.7. The number of nitrogens with zero attached hydrogens (tertiary/aromatic N) is 1. The minimum Gasteiger partial charge on any atom is -0.493 e. The van der Waals surface area contributed by atoms with E-state index in [1.54, 1.807) is 7.11 Å². The van der Waals surface area contributed by atoms with Gasteiger partial charge in [-0.1, -0.05) is 19.1 Å². The summed E-state index contributed by atoms with van der Waals surface area (Å²) in [4.78, 5) is 4.62. The number of methoxy groups -OCH3 is 1. The van der Waals surface area contributed by atoms with E-state index in [0.717, 1.165) is 41.6 Å². The van der Waals surface area contributed by atoms with E-state index in [1.807, 2.05) is 24.3 Å². The number of aryl methyl sites for hydroxylation is 1. The van der Waals surface area contributed by atoms with E-state index in [-0.39, 0.29) is 0 Å². The number of hydrogen-bond acceptors (Lipinski definition) is 4. The van der Waals surface area contributed by atoms with Crippen LogP contribution in [0.3, 0.4) is 0 Å². The standard InChI is InChI=1S/C17H23NO3/c1-3-14-12-17(15-8-4-5-9-16(15)18-14)21-11-7-6-10-20-13-19-2/h4-5,8-9,12H,3,6-7,10-11,13H2,1-2H3. The molecule has 0 spiro atoms. The number of ether oxygens (including phenoxy) is 3. The Kier molecular flexibility index (Phi) is 6.44. The third-order valence-corrected chi connectivity index (χ3v) is 3.24. The van der Waals surface area contributed by atoms with E-state index in [0.29, 0.717) is 20.0 Å². The summed E-state index contributed by atoms with van der Waals surface area (Å²) in [5.74, 6) is 0.926. The predicted molar refractivity (Wildman–Crippen MR) is 83.7 cm³/mol. The van der Waals surface area contributed by atoms with Gasteiger partial charge in [0.05, 0.1) is 12.1 Å². The van der Waals surface area contributed by atoms with Crippen LogP contribution in [0.5, 0.6) is 5.75 Å². The van der Waals surface area contributed by atoms with E-state index in [4.69, 9.17) is 14.2 Å². The van der Waals surface area contributed by atoms with Gasteiger partial charge < -0.3 is 14.2 Å². The van der Waals surface area contributed by atoms with Crippen LogP contribution < -0.4 is 4.74 Å². The van der Waals surface area contributed by atoms with Crippen LogP contribution in [0, 0.1) is 0 Å². The van der Waals surface area contributed by atoms with Crippen molar-refractivity contribution < 1.29 is 14.2 Å². The van der Waals surface area contributed by atoms with Crippen LogP contribution in [0.15, 0.2) is 30.3 Å². The predicted octanol–water partition coefficient (Wildman–Crippen LogP) is 3.58. The zero-order chi connectivity index (χ0) is 14.9. The minimum atomic E-state index is 0.357. The lowest BCUT2D eigenvalue weighted by Gasteiger charge is -2.11. The van der Waals surface area contributed by atoms with E-state index in [2.05, 4.69) is 18.0 Å². The number of fused-ring (bicyclic) bond motifs is 1. The van der Waals surface area contributed by atoms with E-state index in [1.165, 1.54) is 0 Å². The van der Waals surface area contributed by atoms with Crippen LogP contribution >= 0.6 is 0 Å². The topological polar surface area (TPSA) is 40.6 Å². The third kappa shape index (κ3) is 4.69. The van der Waals surface area contributed by atoms with Gasteiger partial charge in [0, 0.05) is 30.9 Å². The number of aromatic nitrogens is 1. The van der Waals surface area contributed by atoms with Crippen molar-refractivity contribution in [2.75, 3.05) is 27.1 Å². The lowest BCUT2D eigenvalue weighted by atomic mass is 10.1. The Morgan fingerprint density at radius 2 is 1.90 bits per heavy atom. The molecular formula is C17H23NO3. The highest BCUT2D eigenvalue weighted by molar-refractivity contribution is 5.85. The smallest absolute Gasteiger partial charge is 0.146 e. The van der Waals surface area contributed by atoms with Crippen molar-refractivity contribution >= 4 is 10.9 Å². The minimum absolute atomic E-state index is 0.357. The molecule has 0 fully saturated rings. The normalized spacial score (nSPS) is 11.0. The molecular weight excluding hydrogens is 266 g/mol. The SMILES string of the molecule is CCc1cc(OCCCCOCOC)c2ccccc2n1. The molecule has 4 heteroatoms. The third-order valence-electron chi connectivity index (χ3n) is 3.24. The van der Waals surface area contributed by atoms with Gasteiger partial charge in [0.1, 0.15) is 12.5 Å². The first-order valence-corrected chi connectivity index (χ1v) is 7.43. The fourth-order valence-electron chi connectivity index (χ4n) is 2.13. The largest absolute Gasteiger partial charge is 0.493 e. The Hall–Kier alpha value is -1.65. The molecule has 0 bridgehead atoms. The second kappa shape index (κ2) is 8.60. The number of para-hydroxylation sites is 1. The molecule has 1 aromatic carbocycles. The molecule has 0 radical (unpaired) electrons. The van der Waals surface area contributed by atoms with Gasteiger partial charge >= 0.3 is 0 Å². The van der Waals surface area contributed by atoms with Gasteiger partial charge in [-0.2, -0.15) is 0 Å². The molecule has 2 aromatic rings. The monoisotopic (exact) mass is 289 g/mol. The number of benzene rings is 1. The molecule has 0 N–H and O–H groups in total. The maximum absolute atomic E-state index is 5.94. The molecule has 0 aliphatic rings. The number of hydrogen-bond donors (Lipinski definition) is 0. The maximum Gasteiger partial charge on any atom is 0.146 e. The van der Waals surface area contributed by atoms with Crippen LogP contribution in [0.4, 0.5) is 0 Å². The lowest BCUT2D eigenvalue weighted by Crippen LogP contribution is -2.03. The van der Waals surface area contributed by atoms with Crippen molar-refractivity contribution in [1.29, 1.82) is 0 Å². The Balaban J connectivity index is 1.91. The van der Waals surface area contributed by atoms with E-state index >= 15 is 0 Å². The molecule has 0 aliphatic heterocycles. The molecule has 0 unspecified atom stereocenters. The highest BCUT2D eigenvalue weighted by Gasteiger charge is 2.05. The van der Waals surface area contributed by atoms with Crippen LogP contribution in [-0.4, -0.2) is 32.1 Å². The zero-order valence-electron chi connectivity index (χ0n) is 12.8. The second-order valence-electron chi connectivity index (χ2n) is 4.85. The zero-order valence-corrected chi connectivity index (χ0v) is 12.8. The second-order valence-corrected chi connectivity index (χ2v) is 4.85. The number of pyridine rings is 1. The van der Waals surface area contributed by atoms with Gasteiger partial charge in [-0.3, -0.25) is 4.98 Å². The molecule has 0 aliphatic carbocycles.